The van der Waals surface area contributed by atoms with Crippen molar-refractivity contribution >= 4 is 16.9 Å². The van der Waals surface area contributed by atoms with Crippen molar-refractivity contribution in [1.29, 1.82) is 0 Å². The Morgan fingerprint density at radius 1 is 1.04 bits per heavy atom. The molecular weight excluding hydrogens is 354 g/mol. The van der Waals surface area contributed by atoms with Crippen LogP contribution in [0.15, 0.2) is 72.1 Å². The summed E-state index contributed by atoms with van der Waals surface area (Å²) in [5, 5.41) is 1.15. The van der Waals surface area contributed by atoms with Crippen molar-refractivity contribution in [2.75, 3.05) is 5.75 Å². The Kier molecular flexibility index (Phi) is 4.20. The van der Waals surface area contributed by atoms with Crippen molar-refractivity contribution in [1.82, 2.24) is 19.4 Å². The van der Waals surface area contributed by atoms with Crippen LogP contribution in [0, 0.1) is 0 Å². The number of aromatic nitrogens is 3. The van der Waals surface area contributed by atoms with Crippen LogP contribution in [0.1, 0.15) is 36.8 Å². The molecule has 3 atom stereocenters. The molecule has 6 heteroatoms. The summed E-state index contributed by atoms with van der Waals surface area (Å²) in [6, 6.07) is 17.0. The molecule has 27 heavy (non-hydrogen) atoms. The standard InChI is InChI=1S/C21H21N5S/c1-2-15-14-27-21-24-19(16-8-3-5-11-22-16)20(26(15)21)17-9-7-13-25(17)18-10-4-6-12-23-18/h3-13,15,19-20H,2,14H2,1H3/t15-,19+,20-/m1/s1. The summed E-state index contributed by atoms with van der Waals surface area (Å²) in [6.45, 7) is 2.26. The Morgan fingerprint density at radius 3 is 2.63 bits per heavy atom. The molecule has 136 valence electrons. The maximum Gasteiger partial charge on any atom is 0.160 e. The highest BCUT2D eigenvalue weighted by atomic mass is 32.2. The van der Waals surface area contributed by atoms with Gasteiger partial charge in [-0.05, 0) is 42.8 Å². The third-order valence-electron chi connectivity index (χ3n) is 5.31. The zero-order chi connectivity index (χ0) is 18.2. The Balaban J connectivity index is 1.63. The smallest absolute Gasteiger partial charge is 0.160 e. The van der Waals surface area contributed by atoms with Gasteiger partial charge in [-0.15, -0.1) is 0 Å². The Morgan fingerprint density at radius 2 is 1.89 bits per heavy atom. The molecule has 5 heterocycles. The highest BCUT2D eigenvalue weighted by Crippen LogP contribution is 2.48. The van der Waals surface area contributed by atoms with E-state index in [1.807, 2.05) is 54.5 Å². The first kappa shape index (κ1) is 16.6. The van der Waals surface area contributed by atoms with Crippen LogP contribution in [0.25, 0.3) is 5.82 Å². The van der Waals surface area contributed by atoms with E-state index in [1.54, 1.807) is 0 Å². The summed E-state index contributed by atoms with van der Waals surface area (Å²) in [7, 11) is 0. The van der Waals surface area contributed by atoms with Gasteiger partial charge in [0.05, 0.1) is 5.69 Å². The summed E-state index contributed by atoms with van der Waals surface area (Å²) < 4.78 is 2.19. The highest BCUT2D eigenvalue weighted by Gasteiger charge is 2.46. The molecule has 0 aromatic carbocycles. The molecule has 0 spiro atoms. The van der Waals surface area contributed by atoms with Crippen molar-refractivity contribution in [2.24, 2.45) is 4.99 Å². The molecule has 2 aliphatic heterocycles. The van der Waals surface area contributed by atoms with Crippen molar-refractivity contribution < 1.29 is 0 Å². The molecule has 0 N–H and O–H groups in total. The first-order valence-electron chi connectivity index (χ1n) is 9.35. The maximum atomic E-state index is 5.10. The minimum atomic E-state index is 0.000382. The number of hydrogen-bond donors (Lipinski definition) is 0. The topological polar surface area (TPSA) is 46.3 Å². The van der Waals surface area contributed by atoms with Crippen molar-refractivity contribution in [3.8, 4) is 5.82 Å². The average molecular weight is 376 g/mol. The van der Waals surface area contributed by atoms with Crippen molar-refractivity contribution in [2.45, 2.75) is 31.5 Å². The van der Waals surface area contributed by atoms with Crippen molar-refractivity contribution in [3.05, 3.63) is 78.5 Å². The predicted molar refractivity (Wildman–Crippen MR) is 109 cm³/mol. The third kappa shape index (κ3) is 2.75. The second-order valence-corrected chi connectivity index (χ2v) is 7.81. The van der Waals surface area contributed by atoms with Crippen molar-refractivity contribution in [3.63, 3.8) is 0 Å². The number of rotatable bonds is 4. The van der Waals surface area contributed by atoms with Gasteiger partial charge in [0.15, 0.2) is 5.17 Å². The fraction of sp³-hybridized carbons (Fsp3) is 0.286. The second kappa shape index (κ2) is 6.85. The minimum absolute atomic E-state index is 0.000382. The van der Waals surface area contributed by atoms with E-state index in [2.05, 4.69) is 50.8 Å². The van der Waals surface area contributed by atoms with Crippen LogP contribution < -0.4 is 0 Å². The lowest BCUT2D eigenvalue weighted by Gasteiger charge is -2.32. The van der Waals surface area contributed by atoms with E-state index in [0.29, 0.717) is 6.04 Å². The quantitative estimate of drug-likeness (QED) is 0.684. The molecule has 0 saturated carbocycles. The summed E-state index contributed by atoms with van der Waals surface area (Å²) in [5.41, 5.74) is 2.23. The van der Waals surface area contributed by atoms with E-state index in [0.717, 1.165) is 28.9 Å². The zero-order valence-corrected chi connectivity index (χ0v) is 16.0. The van der Waals surface area contributed by atoms with E-state index in [9.17, 15) is 0 Å². The fourth-order valence-electron chi connectivity index (χ4n) is 4.01. The lowest BCUT2D eigenvalue weighted by Crippen LogP contribution is -2.36. The Bertz CT molecular complexity index is 953. The monoisotopic (exact) mass is 375 g/mol. The fourth-order valence-corrected chi connectivity index (χ4v) is 5.35. The van der Waals surface area contributed by atoms with Gasteiger partial charge in [0.1, 0.15) is 17.9 Å². The molecule has 5 nitrogen and oxygen atoms in total. The van der Waals surface area contributed by atoms with E-state index in [1.165, 1.54) is 5.69 Å². The van der Waals surface area contributed by atoms with E-state index < -0.39 is 0 Å². The SMILES string of the molecule is CC[C@@H]1CSC2=N[C@@H](c3ccccn3)[C@@H](c3cccn3-c3ccccn3)N21. The number of amidine groups is 1. The summed E-state index contributed by atoms with van der Waals surface area (Å²) in [4.78, 5) is 16.8. The Hall–Kier alpha value is -2.60. The number of thioether (sulfide) groups is 1. The minimum Gasteiger partial charge on any atom is -0.337 e. The van der Waals surface area contributed by atoms with Crippen LogP contribution in [0.3, 0.4) is 0 Å². The normalized spacial score (nSPS) is 24.1. The number of pyridine rings is 2. The Labute approximate surface area is 163 Å². The van der Waals surface area contributed by atoms with E-state index in [-0.39, 0.29) is 12.1 Å². The van der Waals surface area contributed by atoms with Gasteiger partial charge in [-0.1, -0.05) is 30.8 Å². The number of nitrogens with zero attached hydrogens (tertiary/aromatic N) is 5. The molecule has 3 aromatic heterocycles. The number of fused-ring (bicyclic) bond motifs is 1. The molecule has 1 fully saturated rings. The number of hydrogen-bond acceptors (Lipinski definition) is 5. The van der Waals surface area contributed by atoms with Gasteiger partial charge in [-0.25, -0.2) is 4.98 Å². The van der Waals surface area contributed by atoms with Crippen LogP contribution in [-0.2, 0) is 0 Å². The summed E-state index contributed by atoms with van der Waals surface area (Å²) in [5.74, 6) is 2.04. The van der Waals surface area contributed by atoms with Crippen LogP contribution in [0.4, 0.5) is 0 Å². The molecular formula is C21H21N5S. The van der Waals surface area contributed by atoms with Crippen LogP contribution in [-0.4, -0.2) is 36.4 Å². The molecule has 0 aliphatic carbocycles. The van der Waals surface area contributed by atoms with Gasteiger partial charge in [-0.3, -0.25) is 9.98 Å². The van der Waals surface area contributed by atoms with Gasteiger partial charge >= 0.3 is 0 Å². The van der Waals surface area contributed by atoms with Gasteiger partial charge in [0.2, 0.25) is 0 Å². The number of aliphatic imine (C=N–C) groups is 1. The lowest BCUT2D eigenvalue weighted by molar-refractivity contribution is 0.248. The van der Waals surface area contributed by atoms with Crippen LogP contribution in [0.5, 0.6) is 0 Å². The predicted octanol–water partition coefficient (Wildman–Crippen LogP) is 4.25. The summed E-state index contributed by atoms with van der Waals surface area (Å²) in [6.07, 6.45) is 6.90. The molecule has 3 aromatic rings. The van der Waals surface area contributed by atoms with Crippen LogP contribution in [0.2, 0.25) is 0 Å². The highest BCUT2D eigenvalue weighted by molar-refractivity contribution is 8.14. The van der Waals surface area contributed by atoms with Gasteiger partial charge in [0.25, 0.3) is 0 Å². The van der Waals surface area contributed by atoms with E-state index in [4.69, 9.17) is 4.99 Å². The molecule has 5 rings (SSSR count). The summed E-state index contributed by atoms with van der Waals surface area (Å²) >= 11 is 1.87. The zero-order valence-electron chi connectivity index (χ0n) is 15.1. The molecule has 0 radical (unpaired) electrons. The van der Waals surface area contributed by atoms with E-state index >= 15 is 0 Å². The first-order valence-corrected chi connectivity index (χ1v) is 10.3. The third-order valence-corrected chi connectivity index (χ3v) is 6.43. The molecule has 0 amide bonds. The average Bonchev–Trinajstić information content (AvgIpc) is 3.44. The largest absolute Gasteiger partial charge is 0.337 e. The van der Waals surface area contributed by atoms with Gasteiger partial charge < -0.3 is 9.47 Å². The lowest BCUT2D eigenvalue weighted by atomic mass is 9.99. The van der Waals surface area contributed by atoms with Gasteiger partial charge in [-0.2, -0.15) is 0 Å². The molecule has 0 bridgehead atoms. The molecule has 2 aliphatic rings. The molecule has 1 saturated heterocycles. The second-order valence-electron chi connectivity index (χ2n) is 6.83. The maximum absolute atomic E-state index is 5.10. The van der Waals surface area contributed by atoms with Crippen LogP contribution >= 0.6 is 11.8 Å². The first-order chi connectivity index (χ1) is 13.4. The molecule has 0 unspecified atom stereocenters. The van der Waals surface area contributed by atoms with Gasteiger partial charge in [0, 0.05) is 36.1 Å².